The highest BCUT2D eigenvalue weighted by molar-refractivity contribution is 5.11. The molecule has 4 rings (SSSR count). The summed E-state index contributed by atoms with van der Waals surface area (Å²) in [5.74, 6) is 1.50. The van der Waals surface area contributed by atoms with Crippen LogP contribution in [0.25, 0.3) is 0 Å². The Morgan fingerprint density at radius 3 is 2.50 bits per heavy atom. The molecule has 5 heteroatoms. The number of aromatic nitrogens is 1. The lowest BCUT2D eigenvalue weighted by Gasteiger charge is -2.37. The highest BCUT2D eigenvalue weighted by Gasteiger charge is 2.26. The molecule has 0 unspecified atom stereocenters. The quantitative estimate of drug-likeness (QED) is 0.699. The maximum atomic E-state index is 6.05. The highest BCUT2D eigenvalue weighted by Crippen LogP contribution is 2.27. The summed E-state index contributed by atoms with van der Waals surface area (Å²) in [6.45, 7) is 8.92. The van der Waals surface area contributed by atoms with Gasteiger partial charge in [0, 0.05) is 77.2 Å². The fourth-order valence-electron chi connectivity index (χ4n) is 4.64. The van der Waals surface area contributed by atoms with Crippen LogP contribution in [0.2, 0.25) is 0 Å². The Kier molecular flexibility index (Phi) is 6.65. The Morgan fingerprint density at radius 2 is 1.73 bits per heavy atom. The van der Waals surface area contributed by atoms with E-state index in [1.807, 2.05) is 0 Å². The van der Waals surface area contributed by atoms with Gasteiger partial charge in [0.1, 0.15) is 0 Å². The van der Waals surface area contributed by atoms with Crippen LogP contribution in [0.1, 0.15) is 43.8 Å². The highest BCUT2D eigenvalue weighted by atomic mass is 16.5. The van der Waals surface area contributed by atoms with Crippen molar-refractivity contribution in [3.05, 3.63) is 24.0 Å². The summed E-state index contributed by atoms with van der Waals surface area (Å²) in [6, 6.07) is 5.03. The largest absolute Gasteiger partial charge is 0.381 e. The lowest BCUT2D eigenvalue weighted by Crippen LogP contribution is -2.40. The second-order valence-corrected chi connectivity index (χ2v) is 8.23. The van der Waals surface area contributed by atoms with Crippen LogP contribution in [0.15, 0.2) is 18.3 Å². The second-order valence-electron chi connectivity index (χ2n) is 8.23. The average molecular weight is 363 g/mol. The van der Waals surface area contributed by atoms with Crippen molar-refractivity contribution >= 4 is 0 Å². The Morgan fingerprint density at radius 1 is 1.00 bits per heavy atom. The number of nitrogens with zero attached hydrogens (tertiary/aromatic N) is 2. The lowest BCUT2D eigenvalue weighted by atomic mass is 9.98. The van der Waals surface area contributed by atoms with Crippen LogP contribution in [0.4, 0.5) is 0 Å². The van der Waals surface area contributed by atoms with Gasteiger partial charge in [-0.1, -0.05) is 0 Å². The Hall–Kier alpha value is -0.880. The molecule has 0 saturated carbocycles. The topological polar surface area (TPSA) is 35.9 Å². The number of hydrogen-bond donors (Lipinski definition) is 0. The van der Waals surface area contributed by atoms with Gasteiger partial charge in [-0.15, -0.1) is 0 Å². The van der Waals surface area contributed by atoms with Gasteiger partial charge in [-0.2, -0.15) is 0 Å². The molecule has 2 fully saturated rings. The van der Waals surface area contributed by atoms with E-state index in [1.165, 1.54) is 25.1 Å². The fraction of sp³-hybridized carbons (Fsp3) is 0.810. The van der Waals surface area contributed by atoms with Crippen molar-refractivity contribution in [3.63, 3.8) is 0 Å². The van der Waals surface area contributed by atoms with Crippen molar-refractivity contribution in [3.8, 4) is 0 Å². The minimum atomic E-state index is 0.545. The van der Waals surface area contributed by atoms with Crippen molar-refractivity contribution in [1.82, 2.24) is 9.47 Å². The van der Waals surface area contributed by atoms with Gasteiger partial charge >= 0.3 is 0 Å². The Balaban J connectivity index is 1.25. The summed E-state index contributed by atoms with van der Waals surface area (Å²) in [4.78, 5) is 2.66. The third kappa shape index (κ3) is 4.89. The first kappa shape index (κ1) is 18.5. The normalized spacial score (nSPS) is 26.1. The van der Waals surface area contributed by atoms with Gasteiger partial charge in [-0.3, -0.25) is 4.90 Å². The molecule has 0 N–H and O–H groups in total. The molecule has 4 heterocycles. The molecule has 3 aliphatic heterocycles. The van der Waals surface area contributed by atoms with Gasteiger partial charge in [-0.05, 0) is 56.1 Å². The van der Waals surface area contributed by atoms with E-state index in [9.17, 15) is 0 Å². The number of hydrogen-bond acceptors (Lipinski definition) is 4. The van der Waals surface area contributed by atoms with Gasteiger partial charge in [-0.25, -0.2) is 0 Å². The maximum absolute atomic E-state index is 6.05. The molecule has 0 amide bonds. The Bertz CT molecular complexity index is 535. The van der Waals surface area contributed by atoms with E-state index < -0.39 is 0 Å². The Labute approximate surface area is 157 Å². The second kappa shape index (κ2) is 9.36. The van der Waals surface area contributed by atoms with E-state index in [1.54, 1.807) is 0 Å². The van der Waals surface area contributed by atoms with Crippen molar-refractivity contribution in [2.24, 2.45) is 11.8 Å². The molecule has 0 spiro atoms. The van der Waals surface area contributed by atoms with E-state index >= 15 is 0 Å². The predicted octanol–water partition coefficient (Wildman–Crippen LogP) is 3.10. The van der Waals surface area contributed by atoms with E-state index in [0.717, 1.165) is 77.9 Å². The van der Waals surface area contributed by atoms with Crippen LogP contribution in [-0.4, -0.2) is 62.2 Å². The zero-order valence-corrected chi connectivity index (χ0v) is 16.0. The van der Waals surface area contributed by atoms with E-state index in [-0.39, 0.29) is 0 Å². The van der Waals surface area contributed by atoms with Gasteiger partial charge in [0.2, 0.25) is 0 Å². The summed E-state index contributed by atoms with van der Waals surface area (Å²) in [6.07, 6.45) is 8.11. The molecule has 1 aromatic rings. The molecule has 0 radical (unpaired) electrons. The number of fused-ring (bicyclic) bond motifs is 1. The minimum Gasteiger partial charge on any atom is -0.381 e. The average Bonchev–Trinajstić information content (AvgIpc) is 3.15. The summed E-state index contributed by atoms with van der Waals surface area (Å²) in [5.41, 5.74) is 1.46. The van der Waals surface area contributed by atoms with Crippen LogP contribution in [-0.2, 0) is 20.8 Å². The zero-order chi connectivity index (χ0) is 17.6. The summed E-state index contributed by atoms with van der Waals surface area (Å²) in [5, 5.41) is 0. The molecule has 0 aromatic carbocycles. The standard InChI is InChI=1S/C21H34N2O3/c1-2-20-15-22(14-18-3-9-24-10-4-18)16-21(23(20)8-1)7-13-26-17-19-5-11-25-12-6-19/h1-2,8,18-19,21H,3-7,9-17H2/t21-/m1/s1. The van der Waals surface area contributed by atoms with E-state index in [4.69, 9.17) is 14.2 Å². The van der Waals surface area contributed by atoms with Crippen LogP contribution < -0.4 is 0 Å². The predicted molar refractivity (Wildman–Crippen MR) is 101 cm³/mol. The third-order valence-corrected chi connectivity index (χ3v) is 6.26. The molecule has 0 aliphatic carbocycles. The van der Waals surface area contributed by atoms with E-state index in [2.05, 4.69) is 27.8 Å². The summed E-state index contributed by atoms with van der Waals surface area (Å²) >= 11 is 0. The smallest absolute Gasteiger partial charge is 0.0495 e. The number of ether oxygens (including phenoxy) is 3. The molecule has 146 valence electrons. The number of rotatable bonds is 7. The van der Waals surface area contributed by atoms with Crippen LogP contribution in [0.3, 0.4) is 0 Å². The maximum Gasteiger partial charge on any atom is 0.0495 e. The molecule has 1 aromatic heterocycles. The summed E-state index contributed by atoms with van der Waals surface area (Å²) in [7, 11) is 0. The molecule has 26 heavy (non-hydrogen) atoms. The molecule has 2 saturated heterocycles. The fourth-order valence-corrected chi connectivity index (χ4v) is 4.64. The first-order valence-electron chi connectivity index (χ1n) is 10.5. The molecule has 5 nitrogen and oxygen atoms in total. The summed E-state index contributed by atoms with van der Waals surface area (Å²) < 4.78 is 19.5. The van der Waals surface area contributed by atoms with Crippen LogP contribution in [0.5, 0.6) is 0 Å². The first-order chi connectivity index (χ1) is 12.9. The molecule has 3 aliphatic rings. The van der Waals surface area contributed by atoms with Gasteiger partial charge in [0.25, 0.3) is 0 Å². The molecular weight excluding hydrogens is 328 g/mol. The van der Waals surface area contributed by atoms with Crippen LogP contribution >= 0.6 is 0 Å². The van der Waals surface area contributed by atoms with Gasteiger partial charge in [0.15, 0.2) is 0 Å². The van der Waals surface area contributed by atoms with Crippen molar-refractivity contribution in [2.45, 2.75) is 44.7 Å². The van der Waals surface area contributed by atoms with Gasteiger partial charge < -0.3 is 18.8 Å². The lowest BCUT2D eigenvalue weighted by molar-refractivity contribution is 0.0146. The molecule has 1 atom stereocenters. The van der Waals surface area contributed by atoms with Gasteiger partial charge in [0.05, 0.1) is 0 Å². The molecular formula is C21H34N2O3. The zero-order valence-electron chi connectivity index (χ0n) is 16.0. The molecule has 0 bridgehead atoms. The van der Waals surface area contributed by atoms with Crippen molar-refractivity contribution < 1.29 is 14.2 Å². The van der Waals surface area contributed by atoms with Crippen molar-refractivity contribution in [1.29, 1.82) is 0 Å². The minimum absolute atomic E-state index is 0.545. The van der Waals surface area contributed by atoms with Crippen LogP contribution in [0, 0.1) is 11.8 Å². The monoisotopic (exact) mass is 362 g/mol. The van der Waals surface area contributed by atoms with E-state index in [0.29, 0.717) is 12.0 Å². The third-order valence-electron chi connectivity index (χ3n) is 6.26. The first-order valence-corrected chi connectivity index (χ1v) is 10.5. The SMILES string of the molecule is c1cc2n(c1)[C@H](CCOCC1CCOCC1)CN(CC1CCOCC1)C2. The van der Waals surface area contributed by atoms with Crippen molar-refractivity contribution in [2.75, 3.05) is 52.7 Å².